The quantitative estimate of drug-likeness (QED) is 0.734. The van der Waals surface area contributed by atoms with Crippen molar-refractivity contribution in [3.63, 3.8) is 0 Å². The zero-order chi connectivity index (χ0) is 10.4. The molecule has 0 bridgehead atoms. The molecule has 2 N–H and O–H groups in total. The number of anilines is 1. The van der Waals surface area contributed by atoms with Crippen LogP contribution in [-0.2, 0) is 11.5 Å². The number of carboxylic acids is 1. The van der Waals surface area contributed by atoms with Crippen LogP contribution in [0.3, 0.4) is 0 Å². The summed E-state index contributed by atoms with van der Waals surface area (Å²) in [5, 5.41) is 11.1. The van der Waals surface area contributed by atoms with Crippen molar-refractivity contribution < 1.29 is 14.3 Å². The van der Waals surface area contributed by atoms with Gasteiger partial charge in [0.2, 0.25) is 0 Å². The maximum Gasteiger partial charge on any atom is 0.305 e. The third-order valence-electron chi connectivity index (χ3n) is 1.51. The fourth-order valence-electron chi connectivity index (χ4n) is 0.865. The van der Waals surface area contributed by atoms with Gasteiger partial charge >= 0.3 is 5.97 Å². The Kier molecular flexibility index (Phi) is 3.78. The van der Waals surface area contributed by atoms with Crippen LogP contribution in [0, 0.1) is 0 Å². The molecule has 0 fully saturated rings. The second-order valence-corrected chi connectivity index (χ2v) is 2.60. The van der Waals surface area contributed by atoms with E-state index in [0.717, 1.165) is 0 Å². The molecule has 0 amide bonds. The van der Waals surface area contributed by atoms with Crippen molar-refractivity contribution in [3.05, 3.63) is 18.1 Å². The molecular formula is C8H10FN3O2. The van der Waals surface area contributed by atoms with E-state index in [1.807, 2.05) is 0 Å². The molecule has 0 spiro atoms. The fraction of sp³-hybridized carbons (Fsp3) is 0.375. The molecule has 1 rings (SSSR count). The lowest BCUT2D eigenvalue weighted by molar-refractivity contribution is -0.136. The molecule has 0 atom stereocenters. The molecule has 5 nitrogen and oxygen atoms in total. The van der Waals surface area contributed by atoms with Crippen molar-refractivity contribution in [2.45, 2.75) is 13.1 Å². The number of carboxylic acid groups (broad SMARTS) is 1. The van der Waals surface area contributed by atoms with Crippen LogP contribution < -0.4 is 5.32 Å². The number of nitrogens with one attached hydrogen (secondary N) is 1. The number of rotatable bonds is 5. The van der Waals surface area contributed by atoms with Gasteiger partial charge in [-0.3, -0.25) is 4.79 Å². The molecule has 14 heavy (non-hydrogen) atoms. The number of aliphatic carboxylic acids is 1. The number of carbonyl (C=O) groups is 1. The molecule has 0 aliphatic heterocycles. The Bertz CT molecular complexity index is 319. The summed E-state index contributed by atoms with van der Waals surface area (Å²) in [6, 6.07) is 1.45. The van der Waals surface area contributed by atoms with Crippen molar-refractivity contribution in [1.82, 2.24) is 9.97 Å². The summed E-state index contributed by atoms with van der Waals surface area (Å²) >= 11 is 0. The van der Waals surface area contributed by atoms with E-state index >= 15 is 0 Å². The summed E-state index contributed by atoms with van der Waals surface area (Å²) in [6.07, 6.45) is 1.23. The highest BCUT2D eigenvalue weighted by Crippen LogP contribution is 2.04. The third-order valence-corrected chi connectivity index (χ3v) is 1.51. The lowest BCUT2D eigenvalue weighted by atomic mass is 10.4. The van der Waals surface area contributed by atoms with Crippen molar-refractivity contribution >= 4 is 11.8 Å². The molecular weight excluding hydrogens is 189 g/mol. The van der Waals surface area contributed by atoms with Crippen LogP contribution in [0.5, 0.6) is 0 Å². The number of alkyl halides is 1. The summed E-state index contributed by atoms with van der Waals surface area (Å²) in [7, 11) is 0. The molecule has 0 radical (unpaired) electrons. The van der Waals surface area contributed by atoms with Gasteiger partial charge < -0.3 is 10.4 Å². The number of hydrogen-bond donors (Lipinski definition) is 2. The second kappa shape index (κ2) is 5.11. The van der Waals surface area contributed by atoms with E-state index < -0.39 is 12.6 Å². The predicted octanol–water partition coefficient (Wildman–Crippen LogP) is 0.833. The molecule has 1 heterocycles. The van der Waals surface area contributed by atoms with Crippen molar-refractivity contribution in [1.29, 1.82) is 0 Å². The minimum Gasteiger partial charge on any atom is -0.481 e. The Morgan fingerprint density at radius 2 is 2.36 bits per heavy atom. The first kappa shape index (κ1) is 10.4. The van der Waals surface area contributed by atoms with Gasteiger partial charge in [0.15, 0.2) is 0 Å². The largest absolute Gasteiger partial charge is 0.481 e. The van der Waals surface area contributed by atoms with Crippen LogP contribution >= 0.6 is 0 Å². The zero-order valence-corrected chi connectivity index (χ0v) is 7.40. The molecule has 6 heteroatoms. The molecule has 0 aliphatic carbocycles. The predicted molar refractivity (Wildman–Crippen MR) is 47.6 cm³/mol. The smallest absolute Gasteiger partial charge is 0.305 e. The SMILES string of the molecule is O=C(O)CCNc1cc(CF)ncn1. The van der Waals surface area contributed by atoms with Crippen LogP contribution in [0.1, 0.15) is 12.1 Å². The molecule has 0 aromatic carbocycles. The minimum absolute atomic E-state index is 0.00500. The highest BCUT2D eigenvalue weighted by Gasteiger charge is 1.99. The van der Waals surface area contributed by atoms with Crippen LogP contribution in [-0.4, -0.2) is 27.6 Å². The summed E-state index contributed by atoms with van der Waals surface area (Å²) in [6.45, 7) is -0.395. The standard InChI is InChI=1S/C8H10FN3O2/c9-4-6-3-7(12-5-11-6)10-2-1-8(13)14/h3,5H,1-2,4H2,(H,13,14)(H,10,11,12). The van der Waals surface area contributed by atoms with Gasteiger partial charge in [0.1, 0.15) is 18.8 Å². The Labute approximate surface area is 80.0 Å². The lowest BCUT2D eigenvalue weighted by Gasteiger charge is -2.03. The topological polar surface area (TPSA) is 75.1 Å². The Morgan fingerprint density at radius 1 is 1.57 bits per heavy atom. The van der Waals surface area contributed by atoms with Crippen LogP contribution in [0.4, 0.5) is 10.2 Å². The van der Waals surface area contributed by atoms with E-state index in [1.54, 1.807) is 0 Å². The summed E-state index contributed by atoms with van der Waals surface area (Å²) in [4.78, 5) is 17.6. The van der Waals surface area contributed by atoms with Gasteiger partial charge in [-0.2, -0.15) is 0 Å². The van der Waals surface area contributed by atoms with E-state index in [1.165, 1.54) is 12.4 Å². The Morgan fingerprint density at radius 3 is 3.00 bits per heavy atom. The van der Waals surface area contributed by atoms with Crippen molar-refractivity contribution in [2.24, 2.45) is 0 Å². The van der Waals surface area contributed by atoms with Gasteiger partial charge in [0, 0.05) is 12.6 Å². The highest BCUT2D eigenvalue weighted by molar-refractivity contribution is 5.67. The van der Waals surface area contributed by atoms with Gasteiger partial charge in [-0.25, -0.2) is 14.4 Å². The van der Waals surface area contributed by atoms with Gasteiger partial charge in [-0.15, -0.1) is 0 Å². The van der Waals surface area contributed by atoms with Crippen molar-refractivity contribution in [3.8, 4) is 0 Å². The van der Waals surface area contributed by atoms with Gasteiger partial charge in [0.25, 0.3) is 0 Å². The monoisotopic (exact) mass is 199 g/mol. The number of aromatic nitrogens is 2. The normalized spacial score (nSPS) is 9.79. The Balaban J connectivity index is 2.46. The van der Waals surface area contributed by atoms with E-state index in [4.69, 9.17) is 5.11 Å². The van der Waals surface area contributed by atoms with Crippen molar-refractivity contribution in [2.75, 3.05) is 11.9 Å². The van der Waals surface area contributed by atoms with E-state index in [-0.39, 0.29) is 18.7 Å². The Hall–Kier alpha value is -1.72. The van der Waals surface area contributed by atoms with Crippen LogP contribution in [0.25, 0.3) is 0 Å². The number of nitrogens with zero attached hydrogens (tertiary/aromatic N) is 2. The highest BCUT2D eigenvalue weighted by atomic mass is 19.1. The molecule has 76 valence electrons. The summed E-state index contributed by atoms with van der Waals surface area (Å²) < 4.78 is 12.1. The first-order valence-corrected chi connectivity index (χ1v) is 4.05. The molecule has 0 saturated carbocycles. The maximum absolute atomic E-state index is 12.1. The van der Waals surface area contributed by atoms with Gasteiger partial charge in [-0.05, 0) is 0 Å². The lowest BCUT2D eigenvalue weighted by Crippen LogP contribution is -2.08. The number of hydrogen-bond acceptors (Lipinski definition) is 4. The van der Waals surface area contributed by atoms with E-state index in [9.17, 15) is 9.18 Å². The van der Waals surface area contributed by atoms with Gasteiger partial charge in [0.05, 0.1) is 12.1 Å². The summed E-state index contributed by atoms with van der Waals surface area (Å²) in [5.41, 5.74) is 0.276. The molecule has 0 unspecified atom stereocenters. The van der Waals surface area contributed by atoms with Crippen LogP contribution in [0.15, 0.2) is 12.4 Å². The maximum atomic E-state index is 12.1. The van der Waals surface area contributed by atoms with E-state index in [2.05, 4.69) is 15.3 Å². The molecule has 0 aliphatic rings. The average Bonchev–Trinajstić information content (AvgIpc) is 2.18. The molecule has 0 saturated heterocycles. The summed E-state index contributed by atoms with van der Waals surface area (Å²) in [5.74, 6) is -0.453. The number of halogens is 1. The second-order valence-electron chi connectivity index (χ2n) is 2.60. The average molecular weight is 199 g/mol. The van der Waals surface area contributed by atoms with E-state index in [0.29, 0.717) is 5.82 Å². The van der Waals surface area contributed by atoms with Gasteiger partial charge in [-0.1, -0.05) is 0 Å². The zero-order valence-electron chi connectivity index (χ0n) is 7.40. The molecule has 1 aromatic heterocycles. The molecule has 1 aromatic rings. The minimum atomic E-state index is -0.891. The first-order chi connectivity index (χ1) is 6.72. The third kappa shape index (κ3) is 3.34. The fourth-order valence-corrected chi connectivity index (χ4v) is 0.865. The van der Waals surface area contributed by atoms with Crippen LogP contribution in [0.2, 0.25) is 0 Å². The first-order valence-electron chi connectivity index (χ1n) is 4.05.